The van der Waals surface area contributed by atoms with Gasteiger partial charge in [0.2, 0.25) is 0 Å². The normalized spacial score (nSPS) is 10.9. The third-order valence-electron chi connectivity index (χ3n) is 3.37. The average Bonchev–Trinajstić information content (AvgIpc) is 2.28. The van der Waals surface area contributed by atoms with E-state index in [0.29, 0.717) is 0 Å². The van der Waals surface area contributed by atoms with E-state index in [1.54, 1.807) is 0 Å². The van der Waals surface area contributed by atoms with E-state index in [2.05, 4.69) is 51.1 Å². The summed E-state index contributed by atoms with van der Waals surface area (Å²) in [5, 5.41) is 0. The van der Waals surface area contributed by atoms with Crippen LogP contribution in [0.5, 0.6) is 0 Å². The highest BCUT2D eigenvalue weighted by Gasteiger charge is 2.30. The maximum atomic E-state index is 2.36. The van der Waals surface area contributed by atoms with E-state index in [9.17, 15) is 0 Å². The summed E-state index contributed by atoms with van der Waals surface area (Å²) in [4.78, 5) is 0. The third-order valence-corrected chi connectivity index (χ3v) is 8.43. The third kappa shape index (κ3) is 4.13. The molecule has 0 spiro atoms. The molecule has 0 nitrogen and oxygen atoms in total. The quantitative estimate of drug-likeness (QED) is 0.685. The molecule has 0 aliphatic rings. The zero-order valence-corrected chi connectivity index (χ0v) is 11.7. The Labute approximate surface area is 101 Å². The zero-order valence-electron chi connectivity index (χ0n) is 10.0. The van der Waals surface area contributed by atoms with E-state index in [1.165, 1.54) is 30.2 Å². The Bertz CT molecular complexity index is 246. The molecular weight excluding hydrogens is 223 g/mol. The lowest BCUT2D eigenvalue weighted by Gasteiger charge is -2.23. The average molecular weight is 245 g/mol. The van der Waals surface area contributed by atoms with Crippen LogP contribution in [0.25, 0.3) is 0 Å². The minimum absolute atomic E-state index is 0. The molecule has 15 heavy (non-hydrogen) atoms. The molecule has 0 heterocycles. The van der Waals surface area contributed by atoms with Gasteiger partial charge in [0.05, 0.1) is 24.6 Å². The van der Waals surface area contributed by atoms with Gasteiger partial charge in [-0.05, 0) is 26.3 Å². The van der Waals surface area contributed by atoms with Crippen molar-refractivity contribution < 1.29 is 12.4 Å². The van der Waals surface area contributed by atoms with Gasteiger partial charge in [0.15, 0.2) is 0 Å². The smallest absolute Gasteiger partial charge is 0.0842 e. The summed E-state index contributed by atoms with van der Waals surface area (Å²) in [5.74, 6) is 0. The van der Waals surface area contributed by atoms with Crippen LogP contribution >= 0.6 is 7.26 Å². The van der Waals surface area contributed by atoms with Crippen LogP contribution in [-0.2, 0) is 6.16 Å². The Kier molecular flexibility index (Phi) is 7.22. The molecule has 0 saturated heterocycles. The van der Waals surface area contributed by atoms with Crippen molar-refractivity contribution in [3.63, 3.8) is 0 Å². The molecule has 0 amide bonds. The van der Waals surface area contributed by atoms with Gasteiger partial charge in [0.1, 0.15) is 0 Å². The van der Waals surface area contributed by atoms with Crippen molar-refractivity contribution in [1.29, 1.82) is 0 Å². The minimum atomic E-state index is -0.661. The molecule has 0 saturated carbocycles. The van der Waals surface area contributed by atoms with Crippen molar-refractivity contribution in [1.82, 2.24) is 0 Å². The van der Waals surface area contributed by atoms with Gasteiger partial charge in [-0.15, -0.1) is 0 Å². The van der Waals surface area contributed by atoms with Gasteiger partial charge >= 0.3 is 0 Å². The highest BCUT2D eigenvalue weighted by atomic mass is 35.5. The van der Waals surface area contributed by atoms with E-state index >= 15 is 0 Å². The van der Waals surface area contributed by atoms with Gasteiger partial charge in [-0.25, -0.2) is 0 Å². The fraction of sp³-hybridized carbons (Fsp3) is 0.538. The van der Waals surface area contributed by atoms with Crippen LogP contribution in [0.15, 0.2) is 30.3 Å². The van der Waals surface area contributed by atoms with Crippen LogP contribution in [0.4, 0.5) is 0 Å². The molecule has 0 aliphatic carbocycles. The Balaban J connectivity index is 0.00000196. The van der Waals surface area contributed by atoms with Crippen LogP contribution in [0.1, 0.15) is 26.3 Å². The van der Waals surface area contributed by atoms with Gasteiger partial charge < -0.3 is 12.4 Å². The van der Waals surface area contributed by atoms with Crippen LogP contribution in [0.2, 0.25) is 0 Å². The van der Waals surface area contributed by atoms with Crippen molar-refractivity contribution in [2.24, 2.45) is 0 Å². The lowest BCUT2D eigenvalue weighted by molar-refractivity contribution is -0.00000315. The van der Waals surface area contributed by atoms with Gasteiger partial charge in [0, 0.05) is 7.26 Å². The monoisotopic (exact) mass is 244 g/mol. The molecule has 1 rings (SSSR count). The number of halogens is 1. The van der Waals surface area contributed by atoms with Crippen molar-refractivity contribution >= 4 is 7.26 Å². The standard InChI is InChI=1S/C13H22P.ClH/c1-4-14(5-2,6-3)12-13-10-8-7-9-11-13;/h7-11H,4-6,12H2,1-3H3;1H/q+1;/p-1. The molecule has 0 aliphatic heterocycles. The first-order valence-corrected chi connectivity index (χ1v) is 8.18. The van der Waals surface area contributed by atoms with E-state index in [-0.39, 0.29) is 12.4 Å². The molecule has 0 aromatic heterocycles. The first kappa shape index (κ1) is 14.9. The Morgan fingerprint density at radius 2 is 1.33 bits per heavy atom. The highest BCUT2D eigenvalue weighted by molar-refractivity contribution is 7.75. The maximum Gasteiger partial charge on any atom is 0.0842 e. The number of hydrogen-bond donors (Lipinski definition) is 0. The highest BCUT2D eigenvalue weighted by Crippen LogP contribution is 2.60. The summed E-state index contributed by atoms with van der Waals surface area (Å²) in [5.41, 5.74) is 1.53. The summed E-state index contributed by atoms with van der Waals surface area (Å²) >= 11 is 0. The SMILES string of the molecule is CC[P+](CC)(CC)Cc1ccccc1.[Cl-]. The van der Waals surface area contributed by atoms with Gasteiger partial charge in [0.25, 0.3) is 0 Å². The van der Waals surface area contributed by atoms with Crippen LogP contribution in [0, 0.1) is 0 Å². The summed E-state index contributed by atoms with van der Waals surface area (Å²) in [7, 11) is -0.661. The maximum absolute atomic E-state index is 2.36. The van der Waals surface area contributed by atoms with Crippen LogP contribution < -0.4 is 12.4 Å². The van der Waals surface area contributed by atoms with E-state index < -0.39 is 7.26 Å². The largest absolute Gasteiger partial charge is 1.00 e. The molecule has 0 radical (unpaired) electrons. The number of hydrogen-bond acceptors (Lipinski definition) is 0. The lowest BCUT2D eigenvalue weighted by Crippen LogP contribution is -3.00. The van der Waals surface area contributed by atoms with Crippen molar-refractivity contribution in [2.45, 2.75) is 26.9 Å². The van der Waals surface area contributed by atoms with Crippen molar-refractivity contribution in [2.75, 3.05) is 18.5 Å². The summed E-state index contributed by atoms with van der Waals surface area (Å²) < 4.78 is 0. The molecule has 2 heteroatoms. The predicted molar refractivity (Wildman–Crippen MR) is 68.7 cm³/mol. The molecule has 0 unspecified atom stereocenters. The second-order valence-corrected chi connectivity index (χ2v) is 8.83. The molecule has 0 N–H and O–H groups in total. The molecule has 0 atom stereocenters. The molecule has 0 bridgehead atoms. The summed E-state index contributed by atoms with van der Waals surface area (Å²) in [6.45, 7) is 7.09. The Hall–Kier alpha value is -0.0600. The fourth-order valence-corrected chi connectivity index (χ4v) is 4.97. The van der Waals surface area contributed by atoms with Gasteiger partial charge in [-0.1, -0.05) is 30.3 Å². The summed E-state index contributed by atoms with van der Waals surface area (Å²) in [6, 6.07) is 11.0. The Morgan fingerprint density at radius 3 is 1.73 bits per heavy atom. The van der Waals surface area contributed by atoms with Crippen molar-refractivity contribution in [3.05, 3.63) is 35.9 Å². The predicted octanol–water partition coefficient (Wildman–Crippen LogP) is 1.27. The first-order valence-electron chi connectivity index (χ1n) is 5.65. The van der Waals surface area contributed by atoms with Gasteiger partial charge in [-0.2, -0.15) is 0 Å². The fourth-order valence-electron chi connectivity index (χ4n) is 1.98. The van der Waals surface area contributed by atoms with E-state index in [1.807, 2.05) is 0 Å². The molecule has 1 aromatic rings. The first-order chi connectivity index (χ1) is 6.76. The number of rotatable bonds is 5. The van der Waals surface area contributed by atoms with Crippen LogP contribution in [0.3, 0.4) is 0 Å². The van der Waals surface area contributed by atoms with Crippen LogP contribution in [-0.4, -0.2) is 18.5 Å². The minimum Gasteiger partial charge on any atom is -1.00 e. The van der Waals surface area contributed by atoms with E-state index in [4.69, 9.17) is 0 Å². The topological polar surface area (TPSA) is 0 Å². The van der Waals surface area contributed by atoms with Crippen molar-refractivity contribution in [3.8, 4) is 0 Å². The Morgan fingerprint density at radius 1 is 0.867 bits per heavy atom. The second kappa shape index (κ2) is 7.25. The molecular formula is C13H22ClP. The van der Waals surface area contributed by atoms with E-state index in [0.717, 1.165) is 0 Å². The zero-order chi connectivity index (χ0) is 10.4. The number of benzene rings is 1. The lowest BCUT2D eigenvalue weighted by atomic mass is 10.2. The molecule has 86 valence electrons. The van der Waals surface area contributed by atoms with Gasteiger partial charge in [-0.3, -0.25) is 0 Å². The summed E-state index contributed by atoms with van der Waals surface area (Å²) in [6.07, 6.45) is 5.54. The molecule has 0 fully saturated rings. The second-order valence-electron chi connectivity index (χ2n) is 3.93. The molecule has 1 aromatic carbocycles.